The molecule has 0 saturated carbocycles. The molecular weight excluding hydrogens is 363 g/mol. The number of rotatable bonds is 6. The summed E-state index contributed by atoms with van der Waals surface area (Å²) in [5, 5.41) is 7.41. The maximum absolute atomic E-state index is 13.3. The molecule has 2 atom stereocenters. The highest BCUT2D eigenvalue weighted by Crippen LogP contribution is 2.28. The van der Waals surface area contributed by atoms with Crippen molar-refractivity contribution >= 4 is 0 Å². The average Bonchev–Trinajstić information content (AvgIpc) is 2.79. The van der Waals surface area contributed by atoms with E-state index in [1.807, 2.05) is 24.3 Å². The van der Waals surface area contributed by atoms with E-state index in [4.69, 9.17) is 4.74 Å². The lowest BCUT2D eigenvalue weighted by Gasteiger charge is -2.34. The number of benzene rings is 3. The van der Waals surface area contributed by atoms with Gasteiger partial charge in [-0.25, -0.2) is 4.39 Å². The topological polar surface area (TPSA) is 33.3 Å². The molecule has 0 spiro atoms. The van der Waals surface area contributed by atoms with Crippen molar-refractivity contribution in [2.45, 2.75) is 31.5 Å². The minimum atomic E-state index is -0.221. The highest BCUT2D eigenvalue weighted by atomic mass is 19.1. The normalized spacial score (nSPS) is 19.1. The maximum Gasteiger partial charge on any atom is 0.123 e. The summed E-state index contributed by atoms with van der Waals surface area (Å²) in [5.74, 6) is 0.643. The van der Waals surface area contributed by atoms with E-state index < -0.39 is 0 Å². The summed E-state index contributed by atoms with van der Waals surface area (Å²) in [4.78, 5) is 0. The quantitative estimate of drug-likeness (QED) is 0.615. The SMILES string of the molecule is COc1ccc(-c2ccc(F)cc2)cc1CN[C@H]1CCCN[C@H]1c1ccccc1. The molecule has 4 rings (SSSR count). The first kappa shape index (κ1) is 19.6. The third-order valence-corrected chi connectivity index (χ3v) is 5.63. The minimum Gasteiger partial charge on any atom is -0.496 e. The molecule has 0 radical (unpaired) electrons. The zero-order valence-corrected chi connectivity index (χ0v) is 16.7. The van der Waals surface area contributed by atoms with Gasteiger partial charge in [0.1, 0.15) is 11.6 Å². The molecule has 1 aliphatic rings. The Hall–Kier alpha value is -2.69. The van der Waals surface area contributed by atoms with Gasteiger partial charge in [-0.3, -0.25) is 0 Å². The van der Waals surface area contributed by atoms with E-state index in [2.05, 4.69) is 47.0 Å². The van der Waals surface area contributed by atoms with Gasteiger partial charge in [0.05, 0.1) is 7.11 Å². The summed E-state index contributed by atoms with van der Waals surface area (Å²) in [6, 6.07) is 24.0. The van der Waals surface area contributed by atoms with Crippen LogP contribution in [0.25, 0.3) is 11.1 Å². The molecule has 3 aromatic rings. The molecular formula is C25H27FN2O. The van der Waals surface area contributed by atoms with E-state index in [1.54, 1.807) is 7.11 Å². The van der Waals surface area contributed by atoms with Crippen LogP contribution < -0.4 is 15.4 Å². The summed E-state index contributed by atoms with van der Waals surface area (Å²) in [6.07, 6.45) is 2.29. The predicted molar refractivity (Wildman–Crippen MR) is 115 cm³/mol. The van der Waals surface area contributed by atoms with E-state index >= 15 is 0 Å². The fraction of sp³-hybridized carbons (Fsp3) is 0.280. The van der Waals surface area contributed by atoms with Crippen LogP contribution in [0.1, 0.15) is 30.0 Å². The fourth-order valence-corrected chi connectivity index (χ4v) is 4.10. The lowest BCUT2D eigenvalue weighted by molar-refractivity contribution is 0.303. The van der Waals surface area contributed by atoms with Crippen LogP contribution in [0.5, 0.6) is 5.75 Å². The highest BCUT2D eigenvalue weighted by Gasteiger charge is 2.25. The van der Waals surface area contributed by atoms with Crippen LogP contribution in [0.15, 0.2) is 72.8 Å². The van der Waals surface area contributed by atoms with Gasteiger partial charge in [0.15, 0.2) is 0 Å². The molecule has 0 aromatic heterocycles. The second kappa shape index (κ2) is 9.21. The minimum absolute atomic E-state index is 0.221. The highest BCUT2D eigenvalue weighted by molar-refractivity contribution is 5.65. The number of piperidine rings is 1. The molecule has 150 valence electrons. The summed E-state index contributed by atoms with van der Waals surface area (Å²) in [5.41, 5.74) is 4.48. The Morgan fingerprint density at radius 3 is 2.52 bits per heavy atom. The Bertz CT molecular complexity index is 927. The van der Waals surface area contributed by atoms with Gasteiger partial charge in [0, 0.05) is 24.2 Å². The molecule has 3 aromatic carbocycles. The van der Waals surface area contributed by atoms with Gasteiger partial charge < -0.3 is 15.4 Å². The van der Waals surface area contributed by atoms with Crippen molar-refractivity contribution < 1.29 is 9.13 Å². The molecule has 0 bridgehead atoms. The number of ether oxygens (including phenoxy) is 1. The summed E-state index contributed by atoms with van der Waals surface area (Å²) in [6.45, 7) is 1.76. The van der Waals surface area contributed by atoms with Gasteiger partial charge in [-0.1, -0.05) is 48.5 Å². The van der Waals surface area contributed by atoms with Gasteiger partial charge >= 0.3 is 0 Å². The fourth-order valence-electron chi connectivity index (χ4n) is 4.10. The van der Waals surface area contributed by atoms with Crippen LogP contribution in [-0.4, -0.2) is 19.7 Å². The molecule has 0 aliphatic carbocycles. The first-order chi connectivity index (χ1) is 14.2. The first-order valence-corrected chi connectivity index (χ1v) is 10.2. The van der Waals surface area contributed by atoms with Crippen molar-refractivity contribution in [2.24, 2.45) is 0 Å². The molecule has 1 fully saturated rings. The van der Waals surface area contributed by atoms with E-state index in [1.165, 1.54) is 17.7 Å². The molecule has 29 heavy (non-hydrogen) atoms. The Kier molecular flexibility index (Phi) is 6.23. The van der Waals surface area contributed by atoms with Crippen LogP contribution in [-0.2, 0) is 6.54 Å². The Morgan fingerprint density at radius 2 is 1.76 bits per heavy atom. The predicted octanol–water partition coefficient (Wildman–Crippen LogP) is 5.08. The van der Waals surface area contributed by atoms with Gasteiger partial charge in [-0.05, 0) is 60.3 Å². The third kappa shape index (κ3) is 4.66. The van der Waals surface area contributed by atoms with E-state index in [9.17, 15) is 4.39 Å². The molecule has 1 saturated heterocycles. The van der Waals surface area contributed by atoms with Crippen LogP contribution in [0, 0.1) is 5.82 Å². The number of hydrogen-bond acceptors (Lipinski definition) is 3. The molecule has 4 heteroatoms. The Labute approximate surface area is 171 Å². The van der Waals surface area contributed by atoms with Crippen LogP contribution in [0.2, 0.25) is 0 Å². The molecule has 2 N–H and O–H groups in total. The zero-order valence-electron chi connectivity index (χ0n) is 16.7. The van der Waals surface area contributed by atoms with Crippen molar-refractivity contribution in [1.29, 1.82) is 0 Å². The summed E-state index contributed by atoms with van der Waals surface area (Å²) < 4.78 is 18.9. The second-order valence-corrected chi connectivity index (χ2v) is 7.51. The number of hydrogen-bond donors (Lipinski definition) is 2. The second-order valence-electron chi connectivity index (χ2n) is 7.51. The number of nitrogens with one attached hydrogen (secondary N) is 2. The zero-order chi connectivity index (χ0) is 20.1. The van der Waals surface area contributed by atoms with E-state index in [0.29, 0.717) is 18.6 Å². The average molecular weight is 391 g/mol. The molecule has 1 heterocycles. The Morgan fingerprint density at radius 1 is 1.00 bits per heavy atom. The van der Waals surface area contributed by atoms with Crippen molar-refractivity contribution in [3.8, 4) is 16.9 Å². The van der Waals surface area contributed by atoms with Crippen molar-refractivity contribution in [2.75, 3.05) is 13.7 Å². The molecule has 1 aliphatic heterocycles. The molecule has 0 amide bonds. The standard InChI is InChI=1S/C25H27FN2O/c1-29-24-14-11-20(18-9-12-22(26)13-10-18)16-21(24)17-28-23-8-5-15-27-25(23)19-6-3-2-4-7-19/h2-4,6-7,9-14,16,23,25,27-28H,5,8,15,17H2,1H3/t23-,25-/m0/s1. The van der Waals surface area contributed by atoms with Crippen molar-refractivity contribution in [1.82, 2.24) is 10.6 Å². The Balaban J connectivity index is 1.53. The van der Waals surface area contributed by atoms with E-state index in [-0.39, 0.29) is 5.82 Å². The van der Waals surface area contributed by atoms with E-state index in [0.717, 1.165) is 41.8 Å². The molecule has 0 unspecified atom stereocenters. The van der Waals surface area contributed by atoms with Crippen molar-refractivity contribution in [3.05, 3.63) is 89.7 Å². The lowest BCUT2D eigenvalue weighted by atomic mass is 9.92. The third-order valence-electron chi connectivity index (χ3n) is 5.63. The smallest absolute Gasteiger partial charge is 0.123 e. The summed E-state index contributed by atoms with van der Waals surface area (Å²) in [7, 11) is 1.70. The van der Waals surface area contributed by atoms with Gasteiger partial charge in [-0.15, -0.1) is 0 Å². The van der Waals surface area contributed by atoms with Gasteiger partial charge in [0.2, 0.25) is 0 Å². The van der Waals surface area contributed by atoms with Crippen LogP contribution >= 0.6 is 0 Å². The monoisotopic (exact) mass is 390 g/mol. The largest absolute Gasteiger partial charge is 0.496 e. The maximum atomic E-state index is 13.3. The number of methoxy groups -OCH3 is 1. The van der Waals surface area contributed by atoms with Gasteiger partial charge in [0.25, 0.3) is 0 Å². The first-order valence-electron chi connectivity index (χ1n) is 10.2. The number of halogens is 1. The van der Waals surface area contributed by atoms with Crippen LogP contribution in [0.4, 0.5) is 4.39 Å². The van der Waals surface area contributed by atoms with Gasteiger partial charge in [-0.2, -0.15) is 0 Å². The van der Waals surface area contributed by atoms with Crippen LogP contribution in [0.3, 0.4) is 0 Å². The lowest BCUT2D eigenvalue weighted by Crippen LogP contribution is -2.45. The summed E-state index contributed by atoms with van der Waals surface area (Å²) >= 11 is 0. The molecule has 3 nitrogen and oxygen atoms in total. The van der Waals surface area contributed by atoms with Crippen molar-refractivity contribution in [3.63, 3.8) is 0 Å².